The zero-order valence-corrected chi connectivity index (χ0v) is 16.5. The number of hydrogen-bond donors (Lipinski definition) is 1. The highest BCUT2D eigenvalue weighted by atomic mass is 127. The van der Waals surface area contributed by atoms with Gasteiger partial charge in [0.25, 0.3) is 0 Å². The summed E-state index contributed by atoms with van der Waals surface area (Å²) in [5.41, 5.74) is -0.210. The molecule has 0 spiro atoms. The molecular weight excluding hydrogens is 525 g/mol. The first-order chi connectivity index (χ1) is 12.8. The molecule has 13 heteroatoms. The van der Waals surface area contributed by atoms with Crippen molar-refractivity contribution in [3.05, 3.63) is 50.6 Å². The zero-order chi connectivity index (χ0) is 21.4. The number of halogens is 5. The van der Waals surface area contributed by atoms with Crippen LogP contribution in [0.5, 0.6) is 5.75 Å². The average Bonchev–Trinajstić information content (AvgIpc) is 2.57. The Labute approximate surface area is 168 Å². The van der Waals surface area contributed by atoms with E-state index in [1.54, 1.807) is 0 Å². The van der Waals surface area contributed by atoms with Gasteiger partial charge < -0.3 is 14.6 Å². The molecule has 0 fully saturated rings. The number of ether oxygens (including phenoxy) is 1. The topological polar surface area (TPSA) is 113 Å². The van der Waals surface area contributed by atoms with E-state index >= 15 is 0 Å². The number of amides is 1. The van der Waals surface area contributed by atoms with Crippen molar-refractivity contribution in [2.45, 2.75) is 11.8 Å². The van der Waals surface area contributed by atoms with Gasteiger partial charge in [-0.1, -0.05) is 0 Å². The van der Waals surface area contributed by atoms with Crippen LogP contribution in [0.4, 0.5) is 23.2 Å². The number of anilines is 1. The van der Waals surface area contributed by atoms with Gasteiger partial charge in [-0.2, -0.15) is 8.78 Å². The van der Waals surface area contributed by atoms with Crippen LogP contribution in [0.2, 0.25) is 0 Å². The molecule has 1 amide bonds. The minimum absolute atomic E-state index is 0.147. The standard InChI is InChI=1S/C15H8F4INO6S/c1-5(22)21-8-4-6(2-3-7(8)20)15(23)27-13-9(16)11(18)14(28(24,25)26)12(19)10(13)17/h2-4H,1H3,(H,21,22)(H,24,25,26)/p-1. The lowest BCUT2D eigenvalue weighted by molar-refractivity contribution is -0.114. The second-order valence-corrected chi connectivity index (χ2v) is 7.61. The van der Waals surface area contributed by atoms with Crippen LogP contribution in [-0.4, -0.2) is 24.8 Å². The predicted octanol–water partition coefficient (Wildman–Crippen LogP) is 2.93. The summed E-state index contributed by atoms with van der Waals surface area (Å²) in [4.78, 5) is 20.8. The number of carbonyl (C=O) groups is 2. The van der Waals surface area contributed by atoms with Crippen LogP contribution in [0.25, 0.3) is 0 Å². The Balaban J connectivity index is 2.50. The molecule has 0 heterocycles. The maximum atomic E-state index is 13.9. The molecule has 0 saturated heterocycles. The van der Waals surface area contributed by atoms with Crippen LogP contribution in [-0.2, 0) is 14.9 Å². The van der Waals surface area contributed by atoms with Crippen molar-refractivity contribution in [3.8, 4) is 5.75 Å². The Morgan fingerprint density at radius 1 is 1.07 bits per heavy atom. The Kier molecular flexibility index (Phi) is 6.30. The molecule has 0 aliphatic carbocycles. The van der Waals surface area contributed by atoms with Crippen molar-refractivity contribution in [2.24, 2.45) is 0 Å². The summed E-state index contributed by atoms with van der Waals surface area (Å²) in [5, 5.41) is 2.37. The van der Waals surface area contributed by atoms with Crippen LogP contribution in [0.1, 0.15) is 17.3 Å². The summed E-state index contributed by atoms with van der Waals surface area (Å²) in [6.07, 6.45) is 0. The van der Waals surface area contributed by atoms with E-state index in [9.17, 15) is 40.1 Å². The summed E-state index contributed by atoms with van der Waals surface area (Å²) in [7, 11) is -5.89. The molecule has 0 unspecified atom stereocenters. The van der Waals surface area contributed by atoms with Crippen molar-refractivity contribution in [3.63, 3.8) is 0 Å². The number of benzene rings is 2. The van der Waals surface area contributed by atoms with Gasteiger partial charge in [0.15, 0.2) is 11.6 Å². The number of hydrogen-bond acceptors (Lipinski definition) is 6. The highest BCUT2D eigenvalue weighted by molar-refractivity contribution is 14.1. The van der Waals surface area contributed by atoms with Crippen LogP contribution >= 0.6 is 22.6 Å². The minimum Gasteiger partial charge on any atom is -0.744 e. The molecule has 0 saturated carbocycles. The molecule has 2 aromatic carbocycles. The Hall–Kier alpha value is -2.26. The van der Waals surface area contributed by atoms with Gasteiger partial charge in [-0.3, -0.25) is 4.79 Å². The molecule has 0 aliphatic heterocycles. The maximum Gasteiger partial charge on any atom is 0.343 e. The fourth-order valence-electron chi connectivity index (χ4n) is 1.99. The number of rotatable bonds is 4. The van der Waals surface area contributed by atoms with Gasteiger partial charge >= 0.3 is 5.97 Å². The third-order valence-corrected chi connectivity index (χ3v) is 4.94. The third kappa shape index (κ3) is 4.41. The molecule has 0 atom stereocenters. The second kappa shape index (κ2) is 8.00. The van der Waals surface area contributed by atoms with Gasteiger partial charge in [0.05, 0.1) is 11.3 Å². The maximum absolute atomic E-state index is 13.9. The van der Waals surface area contributed by atoms with Gasteiger partial charge in [0.1, 0.15) is 15.0 Å². The van der Waals surface area contributed by atoms with Crippen LogP contribution in [0.3, 0.4) is 0 Å². The van der Waals surface area contributed by atoms with Gasteiger partial charge in [0.2, 0.25) is 23.3 Å². The molecule has 28 heavy (non-hydrogen) atoms. The highest BCUT2D eigenvalue weighted by Gasteiger charge is 2.31. The number of esters is 1. The summed E-state index contributed by atoms with van der Waals surface area (Å²) in [5.74, 6) is -13.6. The van der Waals surface area contributed by atoms with Gasteiger partial charge in [-0.15, -0.1) is 0 Å². The van der Waals surface area contributed by atoms with Gasteiger partial charge in [0, 0.05) is 10.5 Å². The van der Waals surface area contributed by atoms with Crippen LogP contribution in [0.15, 0.2) is 23.1 Å². The molecular formula is C15H7F4INO6S-. The number of carbonyl (C=O) groups excluding carboxylic acids is 2. The normalized spacial score (nSPS) is 11.2. The molecule has 0 aromatic heterocycles. The smallest absolute Gasteiger partial charge is 0.343 e. The van der Waals surface area contributed by atoms with Crippen molar-refractivity contribution < 1.29 is 44.9 Å². The van der Waals surface area contributed by atoms with Gasteiger partial charge in [-0.05, 0) is 40.8 Å². The van der Waals surface area contributed by atoms with E-state index in [1.807, 2.05) is 22.6 Å². The van der Waals surface area contributed by atoms with E-state index in [-0.39, 0.29) is 11.3 Å². The highest BCUT2D eigenvalue weighted by Crippen LogP contribution is 2.33. The van der Waals surface area contributed by atoms with Crippen LogP contribution in [0, 0.1) is 26.8 Å². The molecule has 0 bridgehead atoms. The first kappa shape index (κ1) is 22.0. The van der Waals surface area contributed by atoms with Crippen molar-refractivity contribution >= 4 is 50.3 Å². The molecule has 0 aliphatic rings. The van der Waals surface area contributed by atoms with E-state index in [0.29, 0.717) is 3.57 Å². The Morgan fingerprint density at radius 3 is 2.07 bits per heavy atom. The summed E-state index contributed by atoms with van der Waals surface area (Å²) in [6, 6.07) is 3.54. The summed E-state index contributed by atoms with van der Waals surface area (Å²) >= 11 is 1.82. The van der Waals surface area contributed by atoms with Crippen molar-refractivity contribution in [1.82, 2.24) is 0 Å². The van der Waals surface area contributed by atoms with Crippen LogP contribution < -0.4 is 10.1 Å². The van der Waals surface area contributed by atoms with E-state index in [1.165, 1.54) is 13.0 Å². The quantitative estimate of drug-likeness (QED) is 0.162. The monoisotopic (exact) mass is 532 g/mol. The average molecular weight is 532 g/mol. The SMILES string of the molecule is CC(=O)Nc1cc(C(=O)Oc2c(F)c(F)c(S(=O)(=O)[O-])c(F)c2F)ccc1I. The second-order valence-electron chi connectivity index (χ2n) is 5.13. The lowest BCUT2D eigenvalue weighted by Crippen LogP contribution is -2.16. The largest absolute Gasteiger partial charge is 0.744 e. The van der Waals surface area contributed by atoms with Crippen molar-refractivity contribution in [2.75, 3.05) is 5.32 Å². The number of nitrogens with one attached hydrogen (secondary N) is 1. The zero-order valence-electron chi connectivity index (χ0n) is 13.5. The Bertz CT molecular complexity index is 1080. The molecule has 2 aromatic rings. The van der Waals surface area contributed by atoms with E-state index in [2.05, 4.69) is 10.1 Å². The minimum atomic E-state index is -5.89. The molecule has 7 nitrogen and oxygen atoms in total. The molecule has 1 N–H and O–H groups in total. The third-order valence-electron chi connectivity index (χ3n) is 3.14. The first-order valence-corrected chi connectivity index (χ1v) is 9.44. The van der Waals surface area contributed by atoms with Gasteiger partial charge in [-0.25, -0.2) is 22.0 Å². The first-order valence-electron chi connectivity index (χ1n) is 6.95. The lowest BCUT2D eigenvalue weighted by atomic mass is 10.2. The predicted molar refractivity (Wildman–Crippen MR) is 92.7 cm³/mol. The summed E-state index contributed by atoms with van der Waals surface area (Å²) in [6.45, 7) is 1.18. The molecule has 0 radical (unpaired) electrons. The fraction of sp³-hybridized carbons (Fsp3) is 0.0667. The summed E-state index contributed by atoms with van der Waals surface area (Å²) < 4.78 is 92.4. The van der Waals surface area contributed by atoms with Crippen molar-refractivity contribution in [1.29, 1.82) is 0 Å². The Morgan fingerprint density at radius 2 is 1.61 bits per heavy atom. The lowest BCUT2D eigenvalue weighted by Gasteiger charge is -2.14. The molecule has 2 rings (SSSR count). The van der Waals surface area contributed by atoms with E-state index in [0.717, 1.165) is 12.1 Å². The van der Waals surface area contributed by atoms with E-state index < -0.39 is 55.9 Å². The molecule has 150 valence electrons. The van der Waals surface area contributed by atoms with E-state index in [4.69, 9.17) is 0 Å². The fourth-order valence-corrected chi connectivity index (χ4v) is 3.08.